The Bertz CT molecular complexity index is 2230. The van der Waals surface area contributed by atoms with Gasteiger partial charge in [-0.1, -0.05) is 57.2 Å². The summed E-state index contributed by atoms with van der Waals surface area (Å²) in [6, 6.07) is 14.4. The van der Waals surface area contributed by atoms with Gasteiger partial charge in [0, 0.05) is 42.5 Å². The highest BCUT2D eigenvalue weighted by molar-refractivity contribution is 7.91. The van der Waals surface area contributed by atoms with Crippen molar-refractivity contribution in [3.05, 3.63) is 67.3 Å². The van der Waals surface area contributed by atoms with Crippen molar-refractivity contribution in [1.82, 2.24) is 25.2 Å². The Morgan fingerprint density at radius 1 is 1.02 bits per heavy atom. The van der Waals surface area contributed by atoms with E-state index >= 15 is 0 Å². The zero-order valence-electron chi connectivity index (χ0n) is 34.9. The molecule has 318 valence electrons. The zero-order chi connectivity index (χ0) is 43.1. The second kappa shape index (κ2) is 16.1. The Balaban J connectivity index is 1.34. The summed E-state index contributed by atoms with van der Waals surface area (Å²) in [5.74, 6) is -1.70. The molecule has 1 aliphatic heterocycles. The van der Waals surface area contributed by atoms with Gasteiger partial charge < -0.3 is 34.5 Å². The van der Waals surface area contributed by atoms with Crippen LogP contribution < -0.4 is 24.8 Å². The molecule has 3 aliphatic rings. The van der Waals surface area contributed by atoms with Gasteiger partial charge in [0.05, 0.1) is 31.5 Å². The minimum atomic E-state index is -4.17. The van der Waals surface area contributed by atoms with Crippen LogP contribution in [0, 0.1) is 11.3 Å². The second-order valence-electron chi connectivity index (χ2n) is 17.7. The van der Waals surface area contributed by atoms with Gasteiger partial charge in [0.2, 0.25) is 21.8 Å². The summed E-state index contributed by atoms with van der Waals surface area (Å²) in [6.45, 7) is 14.1. The van der Waals surface area contributed by atoms with Gasteiger partial charge in [-0.05, 0) is 57.6 Å². The van der Waals surface area contributed by atoms with Gasteiger partial charge >= 0.3 is 6.09 Å². The van der Waals surface area contributed by atoms with Crippen LogP contribution in [0.4, 0.5) is 4.79 Å². The lowest BCUT2D eigenvalue weighted by molar-refractivity contribution is -0.143. The summed E-state index contributed by atoms with van der Waals surface area (Å²) in [4.78, 5) is 62.5. The van der Waals surface area contributed by atoms with E-state index in [4.69, 9.17) is 23.9 Å². The molecule has 2 unspecified atom stereocenters. The zero-order valence-corrected chi connectivity index (χ0v) is 35.7. The second-order valence-corrected chi connectivity index (χ2v) is 19.8. The Morgan fingerprint density at radius 3 is 2.29 bits per heavy atom. The first kappa shape index (κ1) is 43.4. The van der Waals surface area contributed by atoms with Crippen LogP contribution in [0.2, 0.25) is 0 Å². The van der Waals surface area contributed by atoms with Crippen LogP contribution >= 0.6 is 0 Å². The number of nitrogens with one attached hydrogen (secondary N) is 3. The molecule has 3 N–H and O–H groups in total. The van der Waals surface area contributed by atoms with Crippen molar-refractivity contribution >= 4 is 44.7 Å². The van der Waals surface area contributed by atoms with Gasteiger partial charge in [0.25, 0.3) is 5.91 Å². The number of likely N-dealkylation sites (tertiary alicyclic amines) is 1. The number of carbonyl (C=O) groups excluding carboxylic acids is 4. The van der Waals surface area contributed by atoms with Crippen molar-refractivity contribution in [2.75, 3.05) is 27.4 Å². The highest BCUT2D eigenvalue weighted by atomic mass is 32.2. The van der Waals surface area contributed by atoms with Crippen LogP contribution in [-0.4, -0.2) is 104 Å². The SMILES string of the molecule is C=CC1CC1(NC(=O)[C@@H]1C[C@@H](Oc2cc(-c3ccccc3)nc3cc(OC)ccc23)CN1C(=O)[C@@H](NC(=O)OC(C)(C)C)C(C)(C)C)C(=O)NS(=O)(=O)C1(COC)CC1. The Hall–Kier alpha value is -5.22. The third-order valence-corrected chi connectivity index (χ3v) is 13.1. The maximum Gasteiger partial charge on any atom is 0.408 e. The molecule has 0 bridgehead atoms. The average Bonchev–Trinajstić information content (AvgIpc) is 4.07. The number of amides is 4. The van der Waals surface area contributed by atoms with E-state index in [2.05, 4.69) is 21.9 Å². The molecule has 15 nitrogen and oxygen atoms in total. The number of pyridine rings is 1. The van der Waals surface area contributed by atoms with Crippen LogP contribution in [-0.2, 0) is 33.9 Å². The molecule has 59 heavy (non-hydrogen) atoms. The van der Waals surface area contributed by atoms with E-state index in [1.807, 2.05) is 36.4 Å². The van der Waals surface area contributed by atoms with E-state index in [9.17, 15) is 27.6 Å². The highest BCUT2D eigenvalue weighted by Gasteiger charge is 2.64. The van der Waals surface area contributed by atoms with Crippen molar-refractivity contribution in [3.8, 4) is 22.8 Å². The van der Waals surface area contributed by atoms with Crippen LogP contribution in [0.1, 0.15) is 67.2 Å². The first-order valence-electron chi connectivity index (χ1n) is 19.7. The van der Waals surface area contributed by atoms with E-state index in [0.717, 1.165) is 5.56 Å². The lowest BCUT2D eigenvalue weighted by Gasteiger charge is -2.36. The van der Waals surface area contributed by atoms with Gasteiger partial charge in [-0.3, -0.25) is 19.1 Å². The molecule has 1 saturated heterocycles. The van der Waals surface area contributed by atoms with Gasteiger partial charge in [-0.2, -0.15) is 0 Å². The molecule has 2 heterocycles. The Labute approximate surface area is 345 Å². The monoisotopic (exact) mass is 833 g/mol. The van der Waals surface area contributed by atoms with E-state index in [0.29, 0.717) is 40.9 Å². The van der Waals surface area contributed by atoms with E-state index in [1.165, 1.54) is 18.1 Å². The number of sulfonamides is 1. The van der Waals surface area contributed by atoms with Crippen molar-refractivity contribution in [2.45, 2.75) is 101 Å². The predicted molar refractivity (Wildman–Crippen MR) is 221 cm³/mol. The Morgan fingerprint density at radius 2 is 1.71 bits per heavy atom. The molecule has 3 fully saturated rings. The number of carbonyl (C=O) groups is 4. The predicted octanol–water partition coefficient (Wildman–Crippen LogP) is 4.88. The number of nitrogens with zero attached hydrogens (tertiary/aromatic N) is 2. The summed E-state index contributed by atoms with van der Waals surface area (Å²) in [5.41, 5.74) is -1.27. The van der Waals surface area contributed by atoms with Crippen molar-refractivity contribution in [1.29, 1.82) is 0 Å². The molecule has 2 saturated carbocycles. The number of hydrogen-bond acceptors (Lipinski definition) is 11. The summed E-state index contributed by atoms with van der Waals surface area (Å²) < 4.78 is 50.6. The normalized spacial score (nSPS) is 22.8. The standard InChI is InChI=1S/C43H55N5O10S/c1-10-27-23-43(27,38(51)47-59(53,54)42(18-19-42)25-55-8)46-36(49)33-21-29(24-48(33)37(50)35(40(2,3)4)45-39(52)58-41(5,6)7)57-34-22-31(26-14-12-11-13-15-26)44-32-20-28(56-9)16-17-30(32)34/h10-17,20,22,27,29,33,35H,1,18-19,21,23-25H2,2-9H3,(H,45,52)(H,46,49)(H,47,51)/t27?,29-,33+,35-,43?/m1/s1. The van der Waals surface area contributed by atoms with Crippen molar-refractivity contribution in [2.24, 2.45) is 11.3 Å². The molecule has 0 radical (unpaired) electrons. The number of fused-ring (bicyclic) bond motifs is 1. The molecule has 0 spiro atoms. The fourth-order valence-electron chi connectivity index (χ4n) is 7.50. The van der Waals surface area contributed by atoms with E-state index in [-0.39, 0.29) is 26.0 Å². The quantitative estimate of drug-likeness (QED) is 0.188. The molecule has 6 rings (SSSR count). The van der Waals surface area contributed by atoms with E-state index < -0.39 is 79.2 Å². The molecule has 2 aliphatic carbocycles. The number of methoxy groups -OCH3 is 2. The molecular weight excluding hydrogens is 779 g/mol. The van der Waals surface area contributed by atoms with Crippen molar-refractivity contribution < 1.29 is 46.5 Å². The third kappa shape index (κ3) is 9.18. The minimum Gasteiger partial charge on any atom is -0.497 e. The fraction of sp³-hybridized carbons (Fsp3) is 0.512. The Kier molecular flexibility index (Phi) is 11.8. The number of aromatic nitrogens is 1. The topological polar surface area (TPSA) is 192 Å². The molecule has 4 amide bonds. The lowest BCUT2D eigenvalue weighted by atomic mass is 9.85. The maximum absolute atomic E-state index is 14.7. The van der Waals surface area contributed by atoms with Crippen LogP contribution in [0.5, 0.6) is 11.5 Å². The highest BCUT2D eigenvalue weighted by Crippen LogP contribution is 2.47. The van der Waals surface area contributed by atoms with Gasteiger partial charge in [0.1, 0.15) is 45.6 Å². The van der Waals surface area contributed by atoms with Gasteiger partial charge in [0.15, 0.2) is 0 Å². The fourth-order valence-corrected chi connectivity index (χ4v) is 9.06. The number of ether oxygens (including phenoxy) is 4. The summed E-state index contributed by atoms with van der Waals surface area (Å²) >= 11 is 0. The molecule has 5 atom stereocenters. The molecule has 3 aromatic rings. The average molecular weight is 834 g/mol. The smallest absolute Gasteiger partial charge is 0.408 e. The molecular formula is C43H55N5O10S. The van der Waals surface area contributed by atoms with Gasteiger partial charge in [-0.15, -0.1) is 6.58 Å². The van der Waals surface area contributed by atoms with Crippen LogP contribution in [0.15, 0.2) is 67.3 Å². The summed E-state index contributed by atoms with van der Waals surface area (Å²) in [7, 11) is -1.21. The maximum atomic E-state index is 14.7. The number of hydrogen-bond donors (Lipinski definition) is 3. The largest absolute Gasteiger partial charge is 0.497 e. The first-order valence-corrected chi connectivity index (χ1v) is 21.2. The minimum absolute atomic E-state index is 0.00673. The molecule has 16 heteroatoms. The first-order chi connectivity index (χ1) is 27.7. The lowest BCUT2D eigenvalue weighted by Crippen LogP contribution is -2.60. The molecule has 2 aromatic carbocycles. The van der Waals surface area contributed by atoms with E-state index in [1.54, 1.807) is 66.9 Å². The number of benzene rings is 2. The van der Waals surface area contributed by atoms with Crippen LogP contribution in [0.3, 0.4) is 0 Å². The van der Waals surface area contributed by atoms with Crippen LogP contribution in [0.25, 0.3) is 22.2 Å². The number of rotatable bonds is 14. The molecule has 1 aromatic heterocycles. The summed E-state index contributed by atoms with van der Waals surface area (Å²) in [6.07, 6.45) is 0.676. The third-order valence-electron chi connectivity index (χ3n) is 11.0. The van der Waals surface area contributed by atoms with Crippen molar-refractivity contribution in [3.63, 3.8) is 0 Å². The number of alkyl carbamates (subject to hydrolysis) is 1. The summed E-state index contributed by atoms with van der Waals surface area (Å²) in [5, 5.41) is 6.22. The van der Waals surface area contributed by atoms with Gasteiger partial charge in [-0.25, -0.2) is 18.2 Å².